The molecule has 0 bridgehead atoms. The molecule has 1 aromatic heterocycles. The second kappa shape index (κ2) is 5.63. The van der Waals surface area contributed by atoms with Crippen LogP contribution in [0.1, 0.15) is 59.2 Å². The predicted molar refractivity (Wildman–Crippen MR) is 70.5 cm³/mol. The Hall–Kier alpha value is -0.900. The molecule has 4 nitrogen and oxygen atoms in total. The molecular formula is C13H26N4. The standard InChI is InChI=1S/C13H26N4/c1-6-7-17-12(9-15-16-17)11(14)8-10(2)13(3,4)5/h9-11H,6-8,14H2,1-5H3. The number of hydrogen-bond donors (Lipinski definition) is 1. The van der Waals surface area contributed by atoms with E-state index in [-0.39, 0.29) is 6.04 Å². The summed E-state index contributed by atoms with van der Waals surface area (Å²) in [5.41, 5.74) is 7.62. The quantitative estimate of drug-likeness (QED) is 0.858. The minimum absolute atomic E-state index is 0.0331. The first kappa shape index (κ1) is 14.2. The van der Waals surface area contributed by atoms with Crippen LogP contribution in [0.5, 0.6) is 0 Å². The molecule has 0 saturated heterocycles. The Morgan fingerprint density at radius 3 is 2.59 bits per heavy atom. The molecule has 0 spiro atoms. The van der Waals surface area contributed by atoms with Crippen LogP contribution in [0, 0.1) is 11.3 Å². The molecule has 0 fully saturated rings. The first-order valence-electron chi connectivity index (χ1n) is 6.50. The molecule has 1 aromatic rings. The minimum atomic E-state index is 0.0331. The van der Waals surface area contributed by atoms with Gasteiger partial charge in [-0.1, -0.05) is 39.8 Å². The molecule has 0 aliphatic heterocycles. The van der Waals surface area contributed by atoms with E-state index in [9.17, 15) is 0 Å². The number of rotatable bonds is 5. The Kier molecular flexibility index (Phi) is 4.69. The van der Waals surface area contributed by atoms with E-state index in [1.807, 2.05) is 4.68 Å². The summed E-state index contributed by atoms with van der Waals surface area (Å²) in [4.78, 5) is 0. The van der Waals surface area contributed by atoms with Gasteiger partial charge in [-0.3, -0.25) is 0 Å². The van der Waals surface area contributed by atoms with E-state index in [1.54, 1.807) is 6.20 Å². The van der Waals surface area contributed by atoms with Gasteiger partial charge in [0.15, 0.2) is 0 Å². The van der Waals surface area contributed by atoms with Crippen LogP contribution in [-0.4, -0.2) is 15.0 Å². The van der Waals surface area contributed by atoms with Crippen molar-refractivity contribution in [3.05, 3.63) is 11.9 Å². The summed E-state index contributed by atoms with van der Waals surface area (Å²) < 4.78 is 1.93. The Labute approximate surface area is 105 Å². The molecule has 0 aliphatic rings. The van der Waals surface area contributed by atoms with Crippen molar-refractivity contribution in [1.82, 2.24) is 15.0 Å². The maximum atomic E-state index is 6.27. The maximum absolute atomic E-state index is 6.27. The van der Waals surface area contributed by atoms with Crippen LogP contribution in [0.4, 0.5) is 0 Å². The zero-order chi connectivity index (χ0) is 13.1. The van der Waals surface area contributed by atoms with Gasteiger partial charge in [0, 0.05) is 12.6 Å². The molecule has 17 heavy (non-hydrogen) atoms. The molecule has 0 aromatic carbocycles. The van der Waals surface area contributed by atoms with Gasteiger partial charge >= 0.3 is 0 Å². The number of nitrogens with two attached hydrogens (primary N) is 1. The minimum Gasteiger partial charge on any atom is -0.323 e. The van der Waals surface area contributed by atoms with Crippen LogP contribution in [0.3, 0.4) is 0 Å². The summed E-state index contributed by atoms with van der Waals surface area (Å²) in [6.07, 6.45) is 3.83. The van der Waals surface area contributed by atoms with E-state index in [2.05, 4.69) is 44.9 Å². The first-order valence-corrected chi connectivity index (χ1v) is 6.50. The fraction of sp³-hybridized carbons (Fsp3) is 0.846. The van der Waals surface area contributed by atoms with Crippen LogP contribution in [-0.2, 0) is 6.54 Å². The third kappa shape index (κ3) is 3.80. The zero-order valence-electron chi connectivity index (χ0n) is 11.8. The van der Waals surface area contributed by atoms with Crippen molar-refractivity contribution in [2.45, 2.75) is 60.0 Å². The van der Waals surface area contributed by atoms with E-state index >= 15 is 0 Å². The Balaban J connectivity index is 2.69. The fourth-order valence-electron chi connectivity index (χ4n) is 1.79. The second-order valence-corrected chi connectivity index (χ2v) is 5.99. The highest BCUT2D eigenvalue weighted by Gasteiger charge is 2.24. The summed E-state index contributed by atoms with van der Waals surface area (Å²) in [5.74, 6) is 0.572. The summed E-state index contributed by atoms with van der Waals surface area (Å²) >= 11 is 0. The number of nitrogens with zero attached hydrogens (tertiary/aromatic N) is 3. The molecule has 1 rings (SSSR count). The average Bonchev–Trinajstić information content (AvgIpc) is 2.65. The molecule has 4 heteroatoms. The van der Waals surface area contributed by atoms with Gasteiger partial charge < -0.3 is 5.73 Å². The second-order valence-electron chi connectivity index (χ2n) is 5.99. The molecule has 0 saturated carbocycles. The number of aryl methyl sites for hydroxylation is 1. The van der Waals surface area contributed by atoms with Crippen molar-refractivity contribution < 1.29 is 0 Å². The molecule has 0 aliphatic carbocycles. The van der Waals surface area contributed by atoms with Gasteiger partial charge in [0.25, 0.3) is 0 Å². The summed E-state index contributed by atoms with van der Waals surface area (Å²) in [6.45, 7) is 12.1. The molecule has 2 unspecified atom stereocenters. The molecule has 0 radical (unpaired) electrons. The lowest BCUT2D eigenvalue weighted by molar-refractivity contribution is 0.231. The summed E-state index contributed by atoms with van der Waals surface area (Å²) in [6, 6.07) is 0.0331. The first-order chi connectivity index (χ1) is 7.86. The van der Waals surface area contributed by atoms with Crippen LogP contribution in [0.2, 0.25) is 0 Å². The van der Waals surface area contributed by atoms with Crippen molar-refractivity contribution in [1.29, 1.82) is 0 Å². The maximum Gasteiger partial charge on any atom is 0.0754 e. The smallest absolute Gasteiger partial charge is 0.0754 e. The normalized spacial score (nSPS) is 15.9. The topological polar surface area (TPSA) is 56.7 Å². The number of hydrogen-bond acceptors (Lipinski definition) is 3. The lowest BCUT2D eigenvalue weighted by Crippen LogP contribution is -2.25. The van der Waals surface area contributed by atoms with Gasteiger partial charge in [0.1, 0.15) is 0 Å². The van der Waals surface area contributed by atoms with Gasteiger partial charge in [-0.05, 0) is 24.2 Å². The van der Waals surface area contributed by atoms with Gasteiger partial charge in [-0.25, -0.2) is 4.68 Å². The lowest BCUT2D eigenvalue weighted by Gasteiger charge is -2.29. The highest BCUT2D eigenvalue weighted by atomic mass is 15.4. The van der Waals surface area contributed by atoms with Crippen molar-refractivity contribution in [3.8, 4) is 0 Å². The molecule has 2 N–H and O–H groups in total. The van der Waals surface area contributed by atoms with E-state index in [1.165, 1.54) is 0 Å². The van der Waals surface area contributed by atoms with Crippen LogP contribution in [0.25, 0.3) is 0 Å². The third-order valence-corrected chi connectivity index (χ3v) is 3.55. The third-order valence-electron chi connectivity index (χ3n) is 3.55. The van der Waals surface area contributed by atoms with E-state index in [0.717, 1.165) is 25.1 Å². The molecule has 0 amide bonds. The van der Waals surface area contributed by atoms with Crippen molar-refractivity contribution >= 4 is 0 Å². The summed E-state index contributed by atoms with van der Waals surface area (Å²) in [5, 5.41) is 8.05. The zero-order valence-corrected chi connectivity index (χ0v) is 11.8. The SMILES string of the molecule is CCCn1nncc1C(N)CC(C)C(C)(C)C. The Morgan fingerprint density at radius 2 is 2.06 bits per heavy atom. The molecule has 1 heterocycles. The highest BCUT2D eigenvalue weighted by Crippen LogP contribution is 2.32. The highest BCUT2D eigenvalue weighted by molar-refractivity contribution is 5.01. The van der Waals surface area contributed by atoms with Gasteiger partial charge in [-0.2, -0.15) is 0 Å². The Bertz CT molecular complexity index is 337. The van der Waals surface area contributed by atoms with Crippen molar-refractivity contribution in [3.63, 3.8) is 0 Å². The lowest BCUT2D eigenvalue weighted by atomic mass is 9.78. The molecule has 2 atom stereocenters. The van der Waals surface area contributed by atoms with E-state index < -0.39 is 0 Å². The van der Waals surface area contributed by atoms with E-state index in [0.29, 0.717) is 11.3 Å². The van der Waals surface area contributed by atoms with Crippen LogP contribution in [0.15, 0.2) is 6.20 Å². The van der Waals surface area contributed by atoms with Crippen LogP contribution < -0.4 is 5.73 Å². The van der Waals surface area contributed by atoms with Crippen LogP contribution >= 0.6 is 0 Å². The Morgan fingerprint density at radius 1 is 1.41 bits per heavy atom. The summed E-state index contributed by atoms with van der Waals surface area (Å²) in [7, 11) is 0. The predicted octanol–water partition coefficient (Wildman–Crippen LogP) is 2.76. The van der Waals surface area contributed by atoms with Gasteiger partial charge in [0.2, 0.25) is 0 Å². The molecular weight excluding hydrogens is 212 g/mol. The van der Waals surface area contributed by atoms with Crippen molar-refractivity contribution in [2.24, 2.45) is 17.1 Å². The fourth-order valence-corrected chi connectivity index (χ4v) is 1.79. The van der Waals surface area contributed by atoms with E-state index in [4.69, 9.17) is 5.73 Å². The monoisotopic (exact) mass is 238 g/mol. The van der Waals surface area contributed by atoms with Gasteiger partial charge in [-0.15, -0.1) is 5.10 Å². The molecule has 98 valence electrons. The van der Waals surface area contributed by atoms with Gasteiger partial charge in [0.05, 0.1) is 11.9 Å². The average molecular weight is 238 g/mol. The largest absolute Gasteiger partial charge is 0.323 e. The number of aromatic nitrogens is 3. The van der Waals surface area contributed by atoms with Crippen molar-refractivity contribution in [2.75, 3.05) is 0 Å².